The fourth-order valence-electron chi connectivity index (χ4n) is 1.64. The van der Waals surface area contributed by atoms with Crippen LogP contribution in [-0.2, 0) is 18.4 Å². The van der Waals surface area contributed by atoms with Gasteiger partial charge in [0, 0.05) is 50.4 Å². The molecular formula is C13H17N5O. The first kappa shape index (κ1) is 13.1. The molecule has 0 spiro atoms. The second-order valence-corrected chi connectivity index (χ2v) is 4.19. The van der Waals surface area contributed by atoms with Gasteiger partial charge in [-0.15, -0.1) is 0 Å². The minimum atomic E-state index is -0.0932. The Hall–Kier alpha value is -2.37. The monoisotopic (exact) mass is 259 g/mol. The highest BCUT2D eigenvalue weighted by molar-refractivity contribution is 5.91. The van der Waals surface area contributed by atoms with E-state index >= 15 is 0 Å². The average Bonchev–Trinajstić information content (AvgIpc) is 3.03. The van der Waals surface area contributed by atoms with E-state index in [0.29, 0.717) is 6.54 Å². The van der Waals surface area contributed by atoms with Crippen molar-refractivity contribution in [3.05, 3.63) is 42.5 Å². The molecule has 0 fully saturated rings. The van der Waals surface area contributed by atoms with Gasteiger partial charge in [-0.25, -0.2) is 0 Å². The molecule has 0 aliphatic heterocycles. The van der Waals surface area contributed by atoms with Gasteiger partial charge in [0.25, 0.3) is 0 Å². The van der Waals surface area contributed by atoms with Gasteiger partial charge >= 0.3 is 0 Å². The third kappa shape index (κ3) is 4.42. The normalized spacial score (nSPS) is 11.0. The Morgan fingerprint density at radius 2 is 2.37 bits per heavy atom. The van der Waals surface area contributed by atoms with Crippen LogP contribution in [0.3, 0.4) is 0 Å². The van der Waals surface area contributed by atoms with Gasteiger partial charge in [0.05, 0.1) is 6.20 Å². The van der Waals surface area contributed by atoms with Gasteiger partial charge in [-0.3, -0.25) is 14.2 Å². The van der Waals surface area contributed by atoms with Gasteiger partial charge in [-0.2, -0.15) is 10.2 Å². The Bertz CT molecular complexity index is 541. The van der Waals surface area contributed by atoms with Crippen molar-refractivity contribution in [1.82, 2.24) is 24.9 Å². The summed E-state index contributed by atoms with van der Waals surface area (Å²) in [4.78, 5) is 11.5. The van der Waals surface area contributed by atoms with Crippen molar-refractivity contribution in [3.8, 4) is 0 Å². The Labute approximate surface area is 111 Å². The Morgan fingerprint density at radius 1 is 1.47 bits per heavy atom. The first-order chi connectivity index (χ1) is 9.24. The van der Waals surface area contributed by atoms with E-state index in [-0.39, 0.29) is 5.91 Å². The molecule has 2 aromatic rings. The Balaban J connectivity index is 1.66. The molecule has 19 heavy (non-hydrogen) atoms. The van der Waals surface area contributed by atoms with Crippen molar-refractivity contribution in [2.75, 3.05) is 6.54 Å². The summed E-state index contributed by atoms with van der Waals surface area (Å²) in [6.07, 6.45) is 11.3. The molecule has 1 amide bonds. The molecule has 2 heterocycles. The Morgan fingerprint density at radius 3 is 3.05 bits per heavy atom. The lowest BCUT2D eigenvalue weighted by molar-refractivity contribution is -0.116. The number of carbonyl (C=O) groups excluding carboxylic acids is 1. The van der Waals surface area contributed by atoms with Gasteiger partial charge in [0.1, 0.15) is 0 Å². The Kier molecular flexibility index (Phi) is 4.49. The van der Waals surface area contributed by atoms with Crippen LogP contribution in [0.2, 0.25) is 0 Å². The lowest BCUT2D eigenvalue weighted by atomic mass is 10.3. The molecule has 0 aromatic carbocycles. The number of carbonyl (C=O) groups is 1. The summed E-state index contributed by atoms with van der Waals surface area (Å²) in [5, 5.41) is 10.9. The van der Waals surface area contributed by atoms with Gasteiger partial charge in [-0.1, -0.05) is 0 Å². The van der Waals surface area contributed by atoms with Gasteiger partial charge < -0.3 is 5.32 Å². The highest BCUT2D eigenvalue weighted by Gasteiger charge is 1.96. The third-order valence-corrected chi connectivity index (χ3v) is 2.57. The lowest BCUT2D eigenvalue weighted by Gasteiger charge is -2.02. The molecule has 0 bridgehead atoms. The summed E-state index contributed by atoms with van der Waals surface area (Å²) in [5.74, 6) is -0.0932. The zero-order valence-electron chi connectivity index (χ0n) is 10.9. The van der Waals surface area contributed by atoms with E-state index < -0.39 is 0 Å². The summed E-state index contributed by atoms with van der Waals surface area (Å²) in [6.45, 7) is 1.44. The topological polar surface area (TPSA) is 64.7 Å². The van der Waals surface area contributed by atoms with E-state index in [9.17, 15) is 4.79 Å². The van der Waals surface area contributed by atoms with E-state index in [4.69, 9.17) is 0 Å². The third-order valence-electron chi connectivity index (χ3n) is 2.57. The first-order valence-electron chi connectivity index (χ1n) is 6.16. The van der Waals surface area contributed by atoms with E-state index in [1.807, 2.05) is 30.2 Å². The number of nitrogens with one attached hydrogen (secondary N) is 1. The zero-order valence-corrected chi connectivity index (χ0v) is 10.9. The van der Waals surface area contributed by atoms with Crippen LogP contribution in [0.25, 0.3) is 6.08 Å². The van der Waals surface area contributed by atoms with Gasteiger partial charge in [0.15, 0.2) is 0 Å². The predicted octanol–water partition coefficient (Wildman–Crippen LogP) is 0.836. The van der Waals surface area contributed by atoms with Crippen LogP contribution in [0.1, 0.15) is 12.0 Å². The molecule has 0 aliphatic carbocycles. The fraction of sp³-hybridized carbons (Fsp3) is 0.308. The van der Waals surface area contributed by atoms with Crippen molar-refractivity contribution in [2.24, 2.45) is 7.05 Å². The molecule has 100 valence electrons. The summed E-state index contributed by atoms with van der Waals surface area (Å²) in [5.41, 5.74) is 0.911. The van der Waals surface area contributed by atoms with Gasteiger partial charge in [-0.05, 0) is 18.6 Å². The van der Waals surface area contributed by atoms with Crippen molar-refractivity contribution >= 4 is 12.0 Å². The van der Waals surface area contributed by atoms with Crippen LogP contribution in [0.5, 0.6) is 0 Å². The summed E-state index contributed by atoms with van der Waals surface area (Å²) >= 11 is 0. The summed E-state index contributed by atoms with van der Waals surface area (Å²) < 4.78 is 3.54. The molecular weight excluding hydrogens is 242 g/mol. The van der Waals surface area contributed by atoms with E-state index in [1.165, 1.54) is 6.08 Å². The number of hydrogen-bond donors (Lipinski definition) is 1. The van der Waals surface area contributed by atoms with Crippen LogP contribution in [0.4, 0.5) is 0 Å². The number of rotatable bonds is 6. The smallest absolute Gasteiger partial charge is 0.244 e. The predicted molar refractivity (Wildman–Crippen MR) is 72.1 cm³/mol. The molecule has 2 aromatic heterocycles. The number of aryl methyl sites for hydroxylation is 2. The van der Waals surface area contributed by atoms with Crippen LogP contribution in [-0.4, -0.2) is 32.0 Å². The van der Waals surface area contributed by atoms with Crippen molar-refractivity contribution < 1.29 is 4.79 Å². The van der Waals surface area contributed by atoms with Crippen molar-refractivity contribution in [1.29, 1.82) is 0 Å². The molecule has 0 unspecified atom stereocenters. The highest BCUT2D eigenvalue weighted by Crippen LogP contribution is 1.98. The maximum Gasteiger partial charge on any atom is 0.244 e. The summed E-state index contributed by atoms with van der Waals surface area (Å²) in [6, 6.07) is 1.88. The number of aromatic nitrogens is 4. The largest absolute Gasteiger partial charge is 0.352 e. The molecule has 6 heteroatoms. The molecule has 1 N–H and O–H groups in total. The van der Waals surface area contributed by atoms with Crippen LogP contribution < -0.4 is 5.32 Å². The minimum absolute atomic E-state index is 0.0932. The maximum atomic E-state index is 11.5. The average molecular weight is 259 g/mol. The van der Waals surface area contributed by atoms with Crippen molar-refractivity contribution in [3.63, 3.8) is 0 Å². The van der Waals surface area contributed by atoms with E-state index in [1.54, 1.807) is 23.2 Å². The quantitative estimate of drug-likeness (QED) is 0.617. The lowest BCUT2D eigenvalue weighted by Crippen LogP contribution is -2.23. The van der Waals surface area contributed by atoms with Crippen LogP contribution in [0.15, 0.2) is 36.9 Å². The van der Waals surface area contributed by atoms with Crippen LogP contribution >= 0.6 is 0 Å². The maximum absolute atomic E-state index is 11.5. The fourth-order valence-corrected chi connectivity index (χ4v) is 1.64. The second kappa shape index (κ2) is 6.53. The molecule has 0 aliphatic rings. The SMILES string of the molecule is Cn1cc(/C=C/C(=O)NCCCn2cccn2)cn1. The molecule has 0 saturated carbocycles. The zero-order chi connectivity index (χ0) is 13.5. The van der Waals surface area contributed by atoms with E-state index in [2.05, 4.69) is 15.5 Å². The molecule has 0 atom stereocenters. The number of nitrogens with zero attached hydrogens (tertiary/aromatic N) is 4. The van der Waals surface area contributed by atoms with E-state index in [0.717, 1.165) is 18.5 Å². The molecule has 6 nitrogen and oxygen atoms in total. The van der Waals surface area contributed by atoms with Gasteiger partial charge in [0.2, 0.25) is 5.91 Å². The second-order valence-electron chi connectivity index (χ2n) is 4.19. The summed E-state index contributed by atoms with van der Waals surface area (Å²) in [7, 11) is 1.84. The van der Waals surface area contributed by atoms with Crippen LogP contribution in [0, 0.1) is 0 Å². The molecule has 0 radical (unpaired) electrons. The number of hydrogen-bond acceptors (Lipinski definition) is 3. The standard InChI is InChI=1S/C13H17N5O/c1-17-11-12(10-16-17)4-5-13(19)14-6-2-8-18-9-3-7-15-18/h3-5,7,9-11H,2,6,8H2,1H3,(H,14,19)/b5-4+. The molecule has 0 saturated heterocycles. The molecule has 2 rings (SSSR count). The number of amides is 1. The first-order valence-corrected chi connectivity index (χ1v) is 6.16. The highest BCUT2D eigenvalue weighted by atomic mass is 16.1. The van der Waals surface area contributed by atoms with Crippen molar-refractivity contribution in [2.45, 2.75) is 13.0 Å². The minimum Gasteiger partial charge on any atom is -0.352 e.